The van der Waals surface area contributed by atoms with Crippen molar-refractivity contribution >= 4 is 18.0 Å². The van der Waals surface area contributed by atoms with Gasteiger partial charge in [0.1, 0.15) is 12.0 Å². The second kappa shape index (κ2) is 4.30. The first kappa shape index (κ1) is 9.32. The first-order chi connectivity index (χ1) is 6.24. The van der Waals surface area contributed by atoms with Gasteiger partial charge < -0.3 is 15.6 Å². The molecule has 13 heavy (non-hydrogen) atoms. The second-order valence-electron chi connectivity index (χ2n) is 2.62. The Kier molecular flexibility index (Phi) is 3.09. The molecule has 0 saturated carbocycles. The largest absolute Gasteiger partial charge is 0.506 e. The lowest BCUT2D eigenvalue weighted by molar-refractivity contribution is -0.107. The van der Waals surface area contributed by atoms with E-state index in [-0.39, 0.29) is 5.75 Å². The summed E-state index contributed by atoms with van der Waals surface area (Å²) < 4.78 is 0. The van der Waals surface area contributed by atoms with Crippen LogP contribution in [0.5, 0.6) is 5.75 Å². The maximum absolute atomic E-state index is 10.0. The van der Waals surface area contributed by atoms with Crippen LogP contribution in [-0.2, 0) is 4.79 Å². The smallest absolute Gasteiger partial charge is 0.138 e. The summed E-state index contributed by atoms with van der Waals surface area (Å²) in [6.07, 6.45) is 4.73. The zero-order chi connectivity index (χ0) is 9.68. The number of hydrogen-bond acceptors (Lipinski definition) is 3. The highest BCUT2D eigenvalue weighted by molar-refractivity contribution is 5.63. The number of benzene rings is 1. The van der Waals surface area contributed by atoms with Gasteiger partial charge in [-0.2, -0.15) is 0 Å². The van der Waals surface area contributed by atoms with Crippen LogP contribution >= 0.6 is 0 Å². The molecular weight excluding hydrogens is 166 g/mol. The van der Waals surface area contributed by atoms with E-state index >= 15 is 0 Å². The summed E-state index contributed by atoms with van der Waals surface area (Å²) in [4.78, 5) is 10.0. The maximum Gasteiger partial charge on any atom is 0.138 e. The van der Waals surface area contributed by atoms with Crippen LogP contribution in [0.3, 0.4) is 0 Å². The summed E-state index contributed by atoms with van der Waals surface area (Å²) in [5.74, 6) is 0.0764. The number of hydrogen-bond donors (Lipinski definition) is 2. The molecule has 0 spiro atoms. The second-order valence-corrected chi connectivity index (χ2v) is 2.62. The van der Waals surface area contributed by atoms with Gasteiger partial charge in [-0.3, -0.25) is 0 Å². The Balaban J connectivity index is 2.79. The zero-order valence-corrected chi connectivity index (χ0v) is 7.10. The van der Waals surface area contributed by atoms with Crippen LogP contribution < -0.4 is 5.73 Å². The van der Waals surface area contributed by atoms with Gasteiger partial charge in [-0.05, 0) is 17.7 Å². The summed E-state index contributed by atoms with van der Waals surface area (Å²) in [5, 5.41) is 9.11. The van der Waals surface area contributed by atoms with Crippen LogP contribution in [0, 0.1) is 0 Å². The Morgan fingerprint density at radius 3 is 2.85 bits per heavy atom. The van der Waals surface area contributed by atoms with Crippen LogP contribution in [0.1, 0.15) is 12.0 Å². The lowest BCUT2D eigenvalue weighted by Gasteiger charge is -1.98. The Labute approximate surface area is 76.5 Å². The number of anilines is 1. The highest BCUT2D eigenvalue weighted by Crippen LogP contribution is 2.20. The number of rotatable bonds is 3. The van der Waals surface area contributed by atoms with Crippen molar-refractivity contribution in [1.82, 2.24) is 0 Å². The molecule has 0 aliphatic rings. The Hall–Kier alpha value is -1.77. The molecule has 0 aromatic heterocycles. The number of phenolic OH excluding ortho intramolecular Hbond substituents is 1. The van der Waals surface area contributed by atoms with Gasteiger partial charge >= 0.3 is 0 Å². The quantitative estimate of drug-likeness (QED) is 0.418. The summed E-state index contributed by atoms with van der Waals surface area (Å²) in [7, 11) is 0. The number of allylic oxidation sites excluding steroid dienone is 1. The molecule has 0 amide bonds. The minimum Gasteiger partial charge on any atom is -0.506 e. The van der Waals surface area contributed by atoms with Crippen molar-refractivity contribution < 1.29 is 9.90 Å². The van der Waals surface area contributed by atoms with E-state index in [9.17, 15) is 4.79 Å². The highest BCUT2D eigenvalue weighted by Gasteiger charge is 1.94. The molecule has 0 heterocycles. The number of carbonyl (C=O) groups is 1. The number of carbonyl (C=O) groups excluding carboxylic acids is 1. The van der Waals surface area contributed by atoms with Gasteiger partial charge in [0.05, 0.1) is 5.69 Å². The number of phenols is 1. The monoisotopic (exact) mass is 177 g/mol. The van der Waals surface area contributed by atoms with Crippen LogP contribution in [0.4, 0.5) is 5.69 Å². The SMILES string of the molecule is Nc1cc(C=CCC=O)ccc1O. The van der Waals surface area contributed by atoms with Gasteiger partial charge in [-0.1, -0.05) is 18.2 Å². The molecule has 68 valence electrons. The fourth-order valence-electron chi connectivity index (χ4n) is 0.936. The van der Waals surface area contributed by atoms with Crippen molar-refractivity contribution in [2.75, 3.05) is 5.73 Å². The molecule has 0 bridgehead atoms. The molecule has 0 aliphatic heterocycles. The third-order valence-corrected chi connectivity index (χ3v) is 1.59. The van der Waals surface area contributed by atoms with Gasteiger partial charge in [0, 0.05) is 6.42 Å². The van der Waals surface area contributed by atoms with E-state index in [1.54, 1.807) is 24.3 Å². The van der Waals surface area contributed by atoms with Gasteiger partial charge in [-0.25, -0.2) is 0 Å². The van der Waals surface area contributed by atoms with Gasteiger partial charge in [0.15, 0.2) is 0 Å². The van der Waals surface area contributed by atoms with E-state index in [4.69, 9.17) is 10.8 Å². The first-order valence-electron chi connectivity index (χ1n) is 3.92. The van der Waals surface area contributed by atoms with Gasteiger partial charge in [-0.15, -0.1) is 0 Å². The molecule has 0 aliphatic carbocycles. The third-order valence-electron chi connectivity index (χ3n) is 1.59. The van der Waals surface area contributed by atoms with Crippen LogP contribution in [-0.4, -0.2) is 11.4 Å². The van der Waals surface area contributed by atoms with Crippen LogP contribution in [0.25, 0.3) is 6.08 Å². The molecular formula is C10H11NO2. The summed E-state index contributed by atoms with van der Waals surface area (Å²) in [5.41, 5.74) is 6.68. The predicted octanol–water partition coefficient (Wildman–Crippen LogP) is 1.58. The predicted molar refractivity (Wildman–Crippen MR) is 52.2 cm³/mol. The van der Waals surface area contributed by atoms with E-state index in [0.29, 0.717) is 12.1 Å². The molecule has 0 radical (unpaired) electrons. The van der Waals surface area contributed by atoms with Gasteiger partial charge in [0.2, 0.25) is 0 Å². The summed E-state index contributed by atoms with van der Waals surface area (Å²) >= 11 is 0. The van der Waals surface area contributed by atoms with Gasteiger partial charge in [0.25, 0.3) is 0 Å². The van der Waals surface area contributed by atoms with Crippen molar-refractivity contribution in [2.24, 2.45) is 0 Å². The summed E-state index contributed by atoms with van der Waals surface area (Å²) in [6.45, 7) is 0. The molecule has 1 aromatic rings. The molecule has 0 atom stereocenters. The fourth-order valence-corrected chi connectivity index (χ4v) is 0.936. The Bertz CT molecular complexity index is 332. The van der Waals surface area contributed by atoms with E-state index in [0.717, 1.165) is 11.8 Å². The maximum atomic E-state index is 10.0. The molecule has 0 saturated heterocycles. The third kappa shape index (κ3) is 2.63. The van der Waals surface area contributed by atoms with Crippen LogP contribution in [0.15, 0.2) is 24.3 Å². The minimum absolute atomic E-state index is 0.0764. The van der Waals surface area contributed by atoms with Crippen molar-refractivity contribution in [1.29, 1.82) is 0 Å². The van der Waals surface area contributed by atoms with Crippen molar-refractivity contribution in [2.45, 2.75) is 6.42 Å². The number of aromatic hydroxyl groups is 1. The average molecular weight is 177 g/mol. The molecule has 1 aromatic carbocycles. The average Bonchev–Trinajstić information content (AvgIpc) is 2.12. The minimum atomic E-state index is 0.0764. The summed E-state index contributed by atoms with van der Waals surface area (Å²) in [6, 6.07) is 4.90. The van der Waals surface area contributed by atoms with Crippen molar-refractivity contribution in [3.63, 3.8) is 0 Å². The zero-order valence-electron chi connectivity index (χ0n) is 7.10. The van der Waals surface area contributed by atoms with Crippen molar-refractivity contribution in [3.8, 4) is 5.75 Å². The molecule has 3 N–H and O–H groups in total. The van der Waals surface area contributed by atoms with Crippen molar-refractivity contribution in [3.05, 3.63) is 29.8 Å². The number of nitrogens with two attached hydrogens (primary N) is 1. The number of aldehydes is 1. The first-order valence-corrected chi connectivity index (χ1v) is 3.92. The lowest BCUT2D eigenvalue weighted by atomic mass is 10.1. The lowest BCUT2D eigenvalue weighted by Crippen LogP contribution is -1.85. The molecule has 3 nitrogen and oxygen atoms in total. The molecule has 3 heteroatoms. The molecule has 1 rings (SSSR count). The van der Waals surface area contributed by atoms with E-state index < -0.39 is 0 Å². The van der Waals surface area contributed by atoms with Crippen LogP contribution in [0.2, 0.25) is 0 Å². The molecule has 0 fully saturated rings. The Morgan fingerprint density at radius 1 is 1.46 bits per heavy atom. The topological polar surface area (TPSA) is 63.3 Å². The standard InChI is InChI=1S/C10H11NO2/c11-9-7-8(3-1-2-6-12)4-5-10(9)13/h1,3-7,13H,2,11H2. The number of nitrogen functional groups attached to an aromatic ring is 1. The Morgan fingerprint density at radius 2 is 2.23 bits per heavy atom. The highest BCUT2D eigenvalue weighted by atomic mass is 16.3. The van der Waals surface area contributed by atoms with E-state index in [1.165, 1.54) is 6.07 Å². The van der Waals surface area contributed by atoms with E-state index in [2.05, 4.69) is 0 Å². The molecule has 0 unspecified atom stereocenters. The normalized spacial score (nSPS) is 10.5. The van der Waals surface area contributed by atoms with E-state index in [1.807, 2.05) is 0 Å². The fraction of sp³-hybridized carbons (Fsp3) is 0.100.